The Morgan fingerprint density at radius 2 is 2.25 bits per heavy atom. The summed E-state index contributed by atoms with van der Waals surface area (Å²) in [4.78, 5) is 11.4. The number of aliphatic hydroxyl groups is 1. The Kier molecular flexibility index (Phi) is 2.92. The molecule has 4 heteroatoms. The highest BCUT2D eigenvalue weighted by molar-refractivity contribution is 5.94. The topological polar surface area (TPSA) is 51.5 Å². The zero-order valence-electron chi connectivity index (χ0n) is 9.01. The molecule has 0 aliphatic heterocycles. The van der Waals surface area contributed by atoms with Crippen LogP contribution in [0.4, 0.5) is 0 Å². The molecule has 2 aromatic rings. The fraction of sp³-hybridized carbons (Fsp3) is 0.250. The van der Waals surface area contributed by atoms with Gasteiger partial charge < -0.3 is 14.4 Å². The quantitative estimate of drug-likeness (QED) is 0.794. The molecule has 4 nitrogen and oxygen atoms in total. The second-order valence-electron chi connectivity index (χ2n) is 3.50. The Bertz CT molecular complexity index is 516. The van der Waals surface area contributed by atoms with Crippen LogP contribution in [0.2, 0.25) is 0 Å². The second-order valence-corrected chi connectivity index (χ2v) is 3.50. The zero-order valence-corrected chi connectivity index (χ0v) is 9.01. The molecule has 1 N–H and O–H groups in total. The molecule has 0 atom stereocenters. The van der Waals surface area contributed by atoms with E-state index in [0.29, 0.717) is 12.1 Å². The summed E-state index contributed by atoms with van der Waals surface area (Å²) >= 11 is 0. The predicted octanol–water partition coefficient (Wildman–Crippen LogP) is 1.42. The van der Waals surface area contributed by atoms with Gasteiger partial charge >= 0.3 is 5.97 Å². The van der Waals surface area contributed by atoms with Gasteiger partial charge in [0.2, 0.25) is 0 Å². The summed E-state index contributed by atoms with van der Waals surface area (Å²) in [5, 5.41) is 9.95. The number of hydrogen-bond acceptors (Lipinski definition) is 3. The van der Waals surface area contributed by atoms with Gasteiger partial charge in [-0.25, -0.2) is 4.79 Å². The number of ether oxygens (including phenoxy) is 1. The van der Waals surface area contributed by atoms with Gasteiger partial charge in [0.15, 0.2) is 0 Å². The molecule has 0 aliphatic carbocycles. The van der Waals surface area contributed by atoms with Gasteiger partial charge in [-0.05, 0) is 23.6 Å². The normalized spacial score (nSPS) is 10.6. The minimum atomic E-state index is -0.348. The van der Waals surface area contributed by atoms with Crippen molar-refractivity contribution in [2.24, 2.45) is 0 Å². The van der Waals surface area contributed by atoms with Crippen LogP contribution in [0.15, 0.2) is 30.5 Å². The minimum Gasteiger partial charge on any atom is -0.465 e. The van der Waals surface area contributed by atoms with Gasteiger partial charge in [0.25, 0.3) is 0 Å². The average Bonchev–Trinajstić information content (AvgIpc) is 2.71. The van der Waals surface area contributed by atoms with Gasteiger partial charge in [-0.15, -0.1) is 0 Å². The fourth-order valence-electron chi connectivity index (χ4n) is 1.73. The molecular weight excluding hydrogens is 206 g/mol. The number of aromatic nitrogens is 1. The van der Waals surface area contributed by atoms with Crippen LogP contribution in [-0.2, 0) is 11.3 Å². The van der Waals surface area contributed by atoms with E-state index in [1.54, 1.807) is 12.1 Å². The summed E-state index contributed by atoms with van der Waals surface area (Å²) in [6.07, 6.45) is 1.89. The Morgan fingerprint density at radius 1 is 1.44 bits per heavy atom. The van der Waals surface area contributed by atoms with E-state index in [2.05, 4.69) is 4.74 Å². The number of esters is 1. The fourth-order valence-corrected chi connectivity index (χ4v) is 1.73. The molecule has 0 spiro atoms. The van der Waals surface area contributed by atoms with Crippen LogP contribution in [0.25, 0.3) is 10.9 Å². The highest BCUT2D eigenvalue weighted by atomic mass is 16.5. The molecule has 16 heavy (non-hydrogen) atoms. The molecule has 0 radical (unpaired) electrons. The number of aliphatic hydroxyl groups excluding tert-OH is 1. The third-order valence-corrected chi connectivity index (χ3v) is 2.54. The predicted molar refractivity (Wildman–Crippen MR) is 60.4 cm³/mol. The van der Waals surface area contributed by atoms with Gasteiger partial charge in [0.1, 0.15) is 0 Å². The number of carbonyl (C=O) groups is 1. The van der Waals surface area contributed by atoms with Crippen molar-refractivity contribution in [1.82, 2.24) is 4.57 Å². The molecule has 0 aliphatic rings. The van der Waals surface area contributed by atoms with Gasteiger partial charge in [0, 0.05) is 18.3 Å². The molecule has 84 valence electrons. The van der Waals surface area contributed by atoms with Crippen molar-refractivity contribution < 1.29 is 14.6 Å². The molecule has 0 amide bonds. The van der Waals surface area contributed by atoms with E-state index in [1.807, 2.05) is 22.9 Å². The maximum atomic E-state index is 11.4. The average molecular weight is 219 g/mol. The van der Waals surface area contributed by atoms with E-state index in [-0.39, 0.29) is 12.6 Å². The number of fused-ring (bicyclic) bond motifs is 1. The van der Waals surface area contributed by atoms with Crippen molar-refractivity contribution in [3.63, 3.8) is 0 Å². The minimum absolute atomic E-state index is 0.0756. The van der Waals surface area contributed by atoms with Crippen molar-refractivity contribution in [3.05, 3.63) is 36.0 Å². The number of rotatable bonds is 3. The first-order chi connectivity index (χ1) is 7.76. The lowest BCUT2D eigenvalue weighted by molar-refractivity contribution is 0.0601. The van der Waals surface area contributed by atoms with E-state index >= 15 is 0 Å². The largest absolute Gasteiger partial charge is 0.465 e. The summed E-state index contributed by atoms with van der Waals surface area (Å²) < 4.78 is 6.57. The SMILES string of the molecule is COC(=O)c1ccc2ccn(CCO)c2c1. The lowest BCUT2D eigenvalue weighted by atomic mass is 10.1. The molecule has 0 bridgehead atoms. The van der Waals surface area contributed by atoms with Gasteiger partial charge in [-0.2, -0.15) is 0 Å². The van der Waals surface area contributed by atoms with Crippen molar-refractivity contribution in [1.29, 1.82) is 0 Å². The van der Waals surface area contributed by atoms with Crippen molar-refractivity contribution in [2.45, 2.75) is 6.54 Å². The summed E-state index contributed by atoms with van der Waals surface area (Å²) in [5.74, 6) is -0.348. The standard InChI is InChI=1S/C12H13NO3/c1-16-12(15)10-3-2-9-4-5-13(6-7-14)11(9)8-10/h2-5,8,14H,6-7H2,1H3. The van der Waals surface area contributed by atoms with Crippen LogP contribution < -0.4 is 0 Å². The van der Waals surface area contributed by atoms with E-state index in [1.165, 1.54) is 7.11 Å². The Morgan fingerprint density at radius 3 is 2.94 bits per heavy atom. The van der Waals surface area contributed by atoms with Crippen LogP contribution in [0.1, 0.15) is 10.4 Å². The van der Waals surface area contributed by atoms with Gasteiger partial charge in [0.05, 0.1) is 19.3 Å². The smallest absolute Gasteiger partial charge is 0.337 e. The molecule has 1 aromatic carbocycles. The molecule has 0 saturated carbocycles. The first kappa shape index (κ1) is 10.7. The van der Waals surface area contributed by atoms with Gasteiger partial charge in [-0.1, -0.05) is 6.07 Å². The molecule has 2 rings (SSSR count). The molecule has 1 heterocycles. The molecular formula is C12H13NO3. The van der Waals surface area contributed by atoms with E-state index in [4.69, 9.17) is 5.11 Å². The van der Waals surface area contributed by atoms with Crippen molar-refractivity contribution >= 4 is 16.9 Å². The third-order valence-electron chi connectivity index (χ3n) is 2.54. The summed E-state index contributed by atoms with van der Waals surface area (Å²) in [6.45, 7) is 0.598. The Hall–Kier alpha value is -1.81. The maximum Gasteiger partial charge on any atom is 0.337 e. The lowest BCUT2D eigenvalue weighted by Gasteiger charge is -2.04. The Balaban J connectivity index is 2.49. The molecule has 0 fully saturated rings. The highest BCUT2D eigenvalue weighted by Gasteiger charge is 2.08. The molecule has 0 unspecified atom stereocenters. The van der Waals surface area contributed by atoms with Crippen LogP contribution in [0.5, 0.6) is 0 Å². The highest BCUT2D eigenvalue weighted by Crippen LogP contribution is 2.18. The third kappa shape index (κ3) is 1.79. The maximum absolute atomic E-state index is 11.4. The summed E-state index contributed by atoms with van der Waals surface area (Å²) in [5.41, 5.74) is 1.45. The number of methoxy groups -OCH3 is 1. The Labute approximate surface area is 93.1 Å². The van der Waals surface area contributed by atoms with E-state index in [0.717, 1.165) is 10.9 Å². The molecule has 1 aromatic heterocycles. The zero-order chi connectivity index (χ0) is 11.5. The van der Waals surface area contributed by atoms with Crippen LogP contribution in [0.3, 0.4) is 0 Å². The lowest BCUT2D eigenvalue weighted by Crippen LogP contribution is -2.03. The van der Waals surface area contributed by atoms with Crippen LogP contribution in [-0.4, -0.2) is 29.4 Å². The van der Waals surface area contributed by atoms with Crippen molar-refractivity contribution in [2.75, 3.05) is 13.7 Å². The van der Waals surface area contributed by atoms with E-state index < -0.39 is 0 Å². The van der Waals surface area contributed by atoms with Gasteiger partial charge in [-0.3, -0.25) is 0 Å². The number of benzene rings is 1. The number of nitrogens with zero attached hydrogens (tertiary/aromatic N) is 1. The van der Waals surface area contributed by atoms with Crippen LogP contribution in [0, 0.1) is 0 Å². The first-order valence-electron chi connectivity index (χ1n) is 5.04. The second kappa shape index (κ2) is 4.37. The van der Waals surface area contributed by atoms with Crippen molar-refractivity contribution in [3.8, 4) is 0 Å². The van der Waals surface area contributed by atoms with Crippen LogP contribution >= 0.6 is 0 Å². The number of carbonyl (C=O) groups excluding carboxylic acids is 1. The first-order valence-corrected chi connectivity index (χ1v) is 5.04. The monoisotopic (exact) mass is 219 g/mol. The summed E-state index contributed by atoms with van der Waals surface area (Å²) in [7, 11) is 1.36. The number of hydrogen-bond donors (Lipinski definition) is 1. The van der Waals surface area contributed by atoms with E-state index in [9.17, 15) is 4.79 Å². The molecule has 0 saturated heterocycles. The summed E-state index contributed by atoms with van der Waals surface area (Å²) in [6, 6.07) is 7.33.